The summed E-state index contributed by atoms with van der Waals surface area (Å²) in [5.41, 5.74) is -5.47. The van der Waals surface area contributed by atoms with E-state index in [0.717, 1.165) is 26.9 Å². The number of fused-ring (bicyclic) bond motifs is 3. The predicted octanol–water partition coefficient (Wildman–Crippen LogP) is 5.37. The Labute approximate surface area is 146 Å². The van der Waals surface area contributed by atoms with E-state index in [2.05, 4.69) is 4.18 Å². The van der Waals surface area contributed by atoms with Crippen LogP contribution in [-0.2, 0) is 10.1 Å². The Hall–Kier alpha value is -2.80. The summed E-state index contributed by atoms with van der Waals surface area (Å²) >= 11 is 0. The second-order valence-corrected chi connectivity index (χ2v) is 7.43. The van der Waals surface area contributed by atoms with E-state index in [-0.39, 0.29) is 5.75 Å². The molecular formula is C19H11F3O3S. The molecule has 0 fully saturated rings. The van der Waals surface area contributed by atoms with Crippen LogP contribution in [0.4, 0.5) is 13.2 Å². The molecule has 0 aliphatic carbocycles. The second-order valence-electron chi connectivity index (χ2n) is 5.89. The lowest BCUT2D eigenvalue weighted by Gasteiger charge is -2.10. The van der Waals surface area contributed by atoms with Gasteiger partial charge in [-0.2, -0.15) is 21.6 Å². The van der Waals surface area contributed by atoms with Crippen molar-refractivity contribution < 1.29 is 25.8 Å². The Morgan fingerprint density at radius 3 is 1.65 bits per heavy atom. The number of rotatable bonds is 2. The Bertz CT molecular complexity index is 1260. The van der Waals surface area contributed by atoms with Crippen LogP contribution in [0, 0.1) is 0 Å². The molecule has 26 heavy (non-hydrogen) atoms. The summed E-state index contributed by atoms with van der Waals surface area (Å²) in [6.45, 7) is 0. The van der Waals surface area contributed by atoms with Gasteiger partial charge in [0.05, 0.1) is 0 Å². The molecule has 0 saturated carbocycles. The summed E-state index contributed by atoms with van der Waals surface area (Å²) in [7, 11) is -5.69. The monoisotopic (exact) mass is 376 g/mol. The van der Waals surface area contributed by atoms with Crippen LogP contribution in [0.5, 0.6) is 5.75 Å². The zero-order valence-electron chi connectivity index (χ0n) is 13.1. The van der Waals surface area contributed by atoms with Gasteiger partial charge in [-0.15, -0.1) is 0 Å². The molecule has 132 valence electrons. The molecule has 3 nitrogen and oxygen atoms in total. The van der Waals surface area contributed by atoms with E-state index in [1.54, 1.807) is 6.07 Å². The molecule has 4 aromatic carbocycles. The van der Waals surface area contributed by atoms with Gasteiger partial charge in [0.1, 0.15) is 5.75 Å². The highest BCUT2D eigenvalue weighted by molar-refractivity contribution is 7.88. The smallest absolute Gasteiger partial charge is 0.376 e. The zero-order chi connectivity index (χ0) is 18.5. The summed E-state index contributed by atoms with van der Waals surface area (Å²) in [5, 5.41) is 5.34. The van der Waals surface area contributed by atoms with E-state index in [1.807, 2.05) is 42.5 Å². The zero-order valence-corrected chi connectivity index (χ0v) is 13.9. The van der Waals surface area contributed by atoms with Gasteiger partial charge in [-0.1, -0.05) is 30.3 Å². The Morgan fingerprint density at radius 1 is 0.654 bits per heavy atom. The molecule has 0 radical (unpaired) electrons. The van der Waals surface area contributed by atoms with E-state index in [9.17, 15) is 21.6 Å². The molecule has 0 atom stereocenters. The fraction of sp³-hybridized carbons (Fsp3) is 0.0526. The first-order valence-electron chi connectivity index (χ1n) is 7.60. The summed E-state index contributed by atoms with van der Waals surface area (Å²) in [6.07, 6.45) is 0. The van der Waals surface area contributed by atoms with E-state index >= 15 is 0 Å². The molecule has 0 amide bonds. The van der Waals surface area contributed by atoms with Crippen molar-refractivity contribution in [2.24, 2.45) is 0 Å². The molecule has 7 heteroatoms. The lowest BCUT2D eigenvalue weighted by molar-refractivity contribution is -0.0500. The molecule has 0 bridgehead atoms. The number of alkyl halides is 3. The van der Waals surface area contributed by atoms with Crippen molar-refractivity contribution in [2.45, 2.75) is 5.51 Å². The van der Waals surface area contributed by atoms with Gasteiger partial charge < -0.3 is 4.18 Å². The lowest BCUT2D eigenvalue weighted by atomic mass is 10.00. The minimum Gasteiger partial charge on any atom is -0.376 e. The second kappa shape index (κ2) is 5.60. The van der Waals surface area contributed by atoms with Crippen LogP contribution in [0.25, 0.3) is 32.3 Å². The van der Waals surface area contributed by atoms with Crippen LogP contribution in [0.2, 0.25) is 0 Å². The van der Waals surface area contributed by atoms with E-state index in [4.69, 9.17) is 0 Å². The highest BCUT2D eigenvalue weighted by Gasteiger charge is 2.48. The molecule has 0 unspecified atom stereocenters. The van der Waals surface area contributed by atoms with Crippen LogP contribution >= 0.6 is 0 Å². The van der Waals surface area contributed by atoms with Gasteiger partial charge in [-0.05, 0) is 68.7 Å². The summed E-state index contributed by atoms with van der Waals surface area (Å²) in [4.78, 5) is 0. The molecule has 0 aliphatic rings. The van der Waals surface area contributed by atoms with Crippen molar-refractivity contribution in [3.05, 3.63) is 66.7 Å². The lowest BCUT2D eigenvalue weighted by Crippen LogP contribution is -2.28. The summed E-state index contributed by atoms with van der Waals surface area (Å²) in [6, 6.07) is 19.6. The standard InChI is InChI=1S/C19H11F3O3S/c20-19(21,22)26(23,24)25-18-6-5-14-9-15-7-12-3-1-2-4-13(12)8-16(15)10-17(14)11-18/h1-11H. The Kier molecular flexibility index (Phi) is 3.59. The Morgan fingerprint density at radius 2 is 1.12 bits per heavy atom. The van der Waals surface area contributed by atoms with Gasteiger partial charge in [-0.25, -0.2) is 0 Å². The quantitative estimate of drug-likeness (QED) is 0.268. The average Bonchev–Trinajstić information content (AvgIpc) is 2.56. The van der Waals surface area contributed by atoms with Gasteiger partial charge in [0.15, 0.2) is 0 Å². The van der Waals surface area contributed by atoms with Crippen molar-refractivity contribution >= 4 is 42.4 Å². The molecule has 4 aromatic rings. The summed E-state index contributed by atoms with van der Waals surface area (Å²) < 4.78 is 64.0. The number of hydrogen-bond donors (Lipinski definition) is 0. The SMILES string of the molecule is O=S(=O)(Oc1ccc2cc3cc4ccccc4cc3cc2c1)C(F)(F)F. The molecular weight excluding hydrogens is 365 g/mol. The van der Waals surface area contributed by atoms with Crippen LogP contribution in [-0.4, -0.2) is 13.9 Å². The van der Waals surface area contributed by atoms with Crippen LogP contribution in [0.15, 0.2) is 66.7 Å². The fourth-order valence-electron chi connectivity index (χ4n) is 2.90. The van der Waals surface area contributed by atoms with Crippen molar-refractivity contribution in [1.29, 1.82) is 0 Å². The maximum atomic E-state index is 12.5. The summed E-state index contributed by atoms with van der Waals surface area (Å²) in [5.74, 6) is -0.380. The average molecular weight is 376 g/mol. The molecule has 0 aliphatic heterocycles. The van der Waals surface area contributed by atoms with Gasteiger partial charge >= 0.3 is 15.6 Å². The highest BCUT2D eigenvalue weighted by Crippen LogP contribution is 2.31. The molecule has 0 N–H and O–H groups in total. The number of halogens is 3. The van der Waals surface area contributed by atoms with E-state index < -0.39 is 15.6 Å². The van der Waals surface area contributed by atoms with Gasteiger partial charge in [0, 0.05) is 0 Å². The van der Waals surface area contributed by atoms with E-state index in [0.29, 0.717) is 5.39 Å². The number of hydrogen-bond acceptors (Lipinski definition) is 3. The molecule has 0 saturated heterocycles. The first-order valence-corrected chi connectivity index (χ1v) is 9.01. The molecule has 0 aromatic heterocycles. The van der Waals surface area contributed by atoms with Crippen molar-refractivity contribution in [3.63, 3.8) is 0 Å². The maximum absolute atomic E-state index is 12.5. The minimum atomic E-state index is -5.69. The van der Waals surface area contributed by atoms with E-state index in [1.165, 1.54) is 18.2 Å². The largest absolute Gasteiger partial charge is 0.534 e. The van der Waals surface area contributed by atoms with Gasteiger partial charge in [-0.3, -0.25) is 0 Å². The maximum Gasteiger partial charge on any atom is 0.534 e. The molecule has 0 heterocycles. The Balaban J connectivity index is 1.85. The van der Waals surface area contributed by atoms with Crippen LogP contribution in [0.3, 0.4) is 0 Å². The van der Waals surface area contributed by atoms with Crippen molar-refractivity contribution in [3.8, 4) is 5.75 Å². The predicted molar refractivity (Wildman–Crippen MR) is 94.6 cm³/mol. The van der Waals surface area contributed by atoms with Gasteiger partial charge in [0.25, 0.3) is 0 Å². The van der Waals surface area contributed by atoms with Crippen molar-refractivity contribution in [2.75, 3.05) is 0 Å². The van der Waals surface area contributed by atoms with Crippen molar-refractivity contribution in [1.82, 2.24) is 0 Å². The topological polar surface area (TPSA) is 43.4 Å². The van der Waals surface area contributed by atoms with Crippen LogP contribution < -0.4 is 4.18 Å². The normalized spacial score (nSPS) is 12.7. The third-order valence-corrected chi connectivity index (χ3v) is 5.10. The first kappa shape index (κ1) is 16.7. The van der Waals surface area contributed by atoms with Gasteiger partial charge in [0.2, 0.25) is 0 Å². The highest BCUT2D eigenvalue weighted by atomic mass is 32.2. The third-order valence-electron chi connectivity index (χ3n) is 4.12. The number of benzene rings is 4. The first-order chi connectivity index (χ1) is 12.2. The third kappa shape index (κ3) is 2.84. The fourth-order valence-corrected chi connectivity index (χ4v) is 3.35. The van der Waals surface area contributed by atoms with Crippen LogP contribution in [0.1, 0.15) is 0 Å². The molecule has 4 rings (SSSR count). The minimum absolute atomic E-state index is 0.380. The molecule has 0 spiro atoms.